The highest BCUT2D eigenvalue weighted by Gasteiger charge is 2.07. The number of nitrogens with one attached hydrogen (secondary N) is 2. The summed E-state index contributed by atoms with van der Waals surface area (Å²) in [5.74, 6) is 0.195. The van der Waals surface area contributed by atoms with E-state index in [2.05, 4.69) is 10.6 Å². The molecular formula is C8H16N2O2. The molecule has 0 heterocycles. The van der Waals surface area contributed by atoms with E-state index in [9.17, 15) is 9.59 Å². The van der Waals surface area contributed by atoms with Crippen LogP contribution in [0.15, 0.2) is 0 Å². The van der Waals surface area contributed by atoms with E-state index in [-0.39, 0.29) is 11.8 Å². The van der Waals surface area contributed by atoms with Gasteiger partial charge in [0.15, 0.2) is 0 Å². The van der Waals surface area contributed by atoms with E-state index in [0.717, 1.165) is 0 Å². The topological polar surface area (TPSA) is 58.2 Å². The minimum atomic E-state index is -0.108. The standard InChI is InChI=1S/C8H16N2O2/c1-3-8(12)7(2)10-5-4-9-6-11/h6-7,10H,3-5H2,1-2H3,(H,9,11). The van der Waals surface area contributed by atoms with Gasteiger partial charge < -0.3 is 10.6 Å². The number of rotatable bonds is 7. The van der Waals surface area contributed by atoms with E-state index in [1.807, 2.05) is 13.8 Å². The lowest BCUT2D eigenvalue weighted by Crippen LogP contribution is -2.37. The number of ketones is 1. The van der Waals surface area contributed by atoms with Crippen molar-refractivity contribution in [2.45, 2.75) is 26.3 Å². The zero-order chi connectivity index (χ0) is 9.40. The zero-order valence-corrected chi connectivity index (χ0v) is 7.59. The van der Waals surface area contributed by atoms with E-state index >= 15 is 0 Å². The third-order valence-electron chi connectivity index (χ3n) is 1.63. The lowest BCUT2D eigenvalue weighted by Gasteiger charge is -2.10. The second-order valence-electron chi connectivity index (χ2n) is 2.57. The second kappa shape index (κ2) is 6.79. The van der Waals surface area contributed by atoms with E-state index in [4.69, 9.17) is 0 Å². The van der Waals surface area contributed by atoms with Crippen molar-refractivity contribution in [1.29, 1.82) is 0 Å². The Balaban J connectivity index is 3.36. The van der Waals surface area contributed by atoms with Gasteiger partial charge in [-0.15, -0.1) is 0 Å². The lowest BCUT2D eigenvalue weighted by atomic mass is 10.2. The molecule has 0 aromatic carbocycles. The molecule has 0 spiro atoms. The van der Waals surface area contributed by atoms with Gasteiger partial charge in [-0.25, -0.2) is 0 Å². The molecule has 0 rings (SSSR count). The third-order valence-corrected chi connectivity index (χ3v) is 1.63. The predicted octanol–water partition coefficient (Wildman–Crippen LogP) is -0.310. The number of Topliss-reactive ketones (excluding diaryl/α,β-unsaturated/α-hetero) is 1. The van der Waals surface area contributed by atoms with Crippen LogP contribution in [0, 0.1) is 0 Å². The van der Waals surface area contributed by atoms with Crippen molar-refractivity contribution in [1.82, 2.24) is 10.6 Å². The molecule has 2 N–H and O–H groups in total. The minimum Gasteiger partial charge on any atom is -0.357 e. The Bertz CT molecular complexity index is 148. The Morgan fingerprint density at radius 3 is 2.67 bits per heavy atom. The van der Waals surface area contributed by atoms with E-state index in [1.165, 1.54) is 0 Å². The number of hydrogen-bond donors (Lipinski definition) is 2. The normalized spacial score (nSPS) is 12.2. The molecule has 0 aliphatic heterocycles. The molecule has 0 saturated carbocycles. The smallest absolute Gasteiger partial charge is 0.207 e. The molecule has 0 radical (unpaired) electrons. The van der Waals surface area contributed by atoms with Gasteiger partial charge in [0.05, 0.1) is 6.04 Å². The van der Waals surface area contributed by atoms with Gasteiger partial charge in [0.25, 0.3) is 0 Å². The number of hydrogen-bond acceptors (Lipinski definition) is 3. The van der Waals surface area contributed by atoms with Gasteiger partial charge in [0.1, 0.15) is 5.78 Å². The van der Waals surface area contributed by atoms with Crippen LogP contribution in [0.4, 0.5) is 0 Å². The molecule has 1 atom stereocenters. The maximum Gasteiger partial charge on any atom is 0.207 e. The van der Waals surface area contributed by atoms with Gasteiger partial charge in [0, 0.05) is 19.5 Å². The van der Waals surface area contributed by atoms with Gasteiger partial charge in [-0.2, -0.15) is 0 Å². The van der Waals surface area contributed by atoms with Crippen molar-refractivity contribution in [2.24, 2.45) is 0 Å². The van der Waals surface area contributed by atoms with Crippen LogP contribution in [0.3, 0.4) is 0 Å². The maximum atomic E-state index is 11.0. The van der Waals surface area contributed by atoms with Gasteiger partial charge >= 0.3 is 0 Å². The highest BCUT2D eigenvalue weighted by Crippen LogP contribution is 1.88. The summed E-state index contributed by atoms with van der Waals surface area (Å²) < 4.78 is 0. The van der Waals surface area contributed by atoms with E-state index in [0.29, 0.717) is 25.9 Å². The molecule has 1 amide bonds. The largest absolute Gasteiger partial charge is 0.357 e. The molecule has 4 heteroatoms. The minimum absolute atomic E-state index is 0.108. The molecule has 0 aromatic heterocycles. The van der Waals surface area contributed by atoms with Crippen molar-refractivity contribution in [2.75, 3.05) is 13.1 Å². The van der Waals surface area contributed by atoms with Crippen molar-refractivity contribution in [3.8, 4) is 0 Å². The highest BCUT2D eigenvalue weighted by molar-refractivity contribution is 5.83. The fraction of sp³-hybridized carbons (Fsp3) is 0.750. The van der Waals surface area contributed by atoms with Crippen LogP contribution in [0.25, 0.3) is 0 Å². The van der Waals surface area contributed by atoms with Crippen molar-refractivity contribution in [3.05, 3.63) is 0 Å². The monoisotopic (exact) mass is 172 g/mol. The Hall–Kier alpha value is -0.900. The fourth-order valence-electron chi connectivity index (χ4n) is 0.840. The molecule has 12 heavy (non-hydrogen) atoms. The summed E-state index contributed by atoms with van der Waals surface area (Å²) in [6.45, 7) is 4.85. The van der Waals surface area contributed by atoms with Crippen LogP contribution in [0.1, 0.15) is 20.3 Å². The van der Waals surface area contributed by atoms with Crippen LogP contribution in [0.5, 0.6) is 0 Å². The molecule has 0 aliphatic carbocycles. The van der Waals surface area contributed by atoms with Gasteiger partial charge in [-0.1, -0.05) is 6.92 Å². The molecule has 0 aliphatic rings. The van der Waals surface area contributed by atoms with E-state index < -0.39 is 0 Å². The zero-order valence-electron chi connectivity index (χ0n) is 7.59. The quantitative estimate of drug-likeness (QED) is 0.409. The summed E-state index contributed by atoms with van der Waals surface area (Å²) in [6.07, 6.45) is 1.20. The summed E-state index contributed by atoms with van der Waals surface area (Å²) in [5, 5.41) is 5.50. The number of amides is 1. The number of carbonyl (C=O) groups is 2. The predicted molar refractivity (Wildman–Crippen MR) is 46.8 cm³/mol. The Labute approximate surface area is 72.7 Å². The van der Waals surface area contributed by atoms with Crippen LogP contribution >= 0.6 is 0 Å². The van der Waals surface area contributed by atoms with Crippen LogP contribution < -0.4 is 10.6 Å². The fourth-order valence-corrected chi connectivity index (χ4v) is 0.840. The molecule has 0 bridgehead atoms. The molecular weight excluding hydrogens is 156 g/mol. The average molecular weight is 172 g/mol. The van der Waals surface area contributed by atoms with Crippen molar-refractivity contribution in [3.63, 3.8) is 0 Å². The summed E-state index contributed by atoms with van der Waals surface area (Å²) in [6, 6.07) is -0.108. The summed E-state index contributed by atoms with van der Waals surface area (Å²) in [4.78, 5) is 20.9. The maximum absolute atomic E-state index is 11.0. The van der Waals surface area contributed by atoms with E-state index in [1.54, 1.807) is 0 Å². The molecule has 70 valence electrons. The first-order valence-electron chi connectivity index (χ1n) is 4.15. The van der Waals surface area contributed by atoms with Gasteiger partial charge in [-0.3, -0.25) is 9.59 Å². The van der Waals surface area contributed by atoms with Crippen LogP contribution in [0.2, 0.25) is 0 Å². The summed E-state index contributed by atoms with van der Waals surface area (Å²) >= 11 is 0. The van der Waals surface area contributed by atoms with Gasteiger partial charge in [0.2, 0.25) is 6.41 Å². The Morgan fingerprint density at radius 1 is 1.50 bits per heavy atom. The van der Waals surface area contributed by atoms with Gasteiger partial charge in [-0.05, 0) is 6.92 Å². The first-order chi connectivity index (χ1) is 5.72. The molecule has 4 nitrogen and oxygen atoms in total. The lowest BCUT2D eigenvalue weighted by molar-refractivity contribution is -0.120. The first kappa shape index (κ1) is 11.1. The van der Waals surface area contributed by atoms with Crippen molar-refractivity contribution < 1.29 is 9.59 Å². The van der Waals surface area contributed by atoms with Crippen LogP contribution in [-0.2, 0) is 9.59 Å². The highest BCUT2D eigenvalue weighted by atomic mass is 16.1. The Morgan fingerprint density at radius 2 is 2.17 bits per heavy atom. The molecule has 0 saturated heterocycles. The molecule has 0 aromatic rings. The molecule has 1 unspecified atom stereocenters. The third kappa shape index (κ3) is 4.85. The summed E-state index contributed by atoms with van der Waals surface area (Å²) in [5.41, 5.74) is 0. The average Bonchev–Trinajstić information content (AvgIpc) is 2.10. The first-order valence-corrected chi connectivity index (χ1v) is 4.15. The molecule has 0 fully saturated rings. The van der Waals surface area contributed by atoms with Crippen LogP contribution in [-0.4, -0.2) is 31.3 Å². The Kier molecular flexibility index (Phi) is 6.28. The second-order valence-corrected chi connectivity index (χ2v) is 2.57. The summed E-state index contributed by atoms with van der Waals surface area (Å²) in [7, 11) is 0. The van der Waals surface area contributed by atoms with Crippen molar-refractivity contribution >= 4 is 12.2 Å². The number of carbonyl (C=O) groups excluding carboxylic acids is 2. The SMILES string of the molecule is CCC(=O)C(C)NCCNC=O.